The van der Waals surface area contributed by atoms with Gasteiger partial charge in [-0.15, -0.1) is 0 Å². The van der Waals surface area contributed by atoms with Crippen LogP contribution in [0, 0.1) is 17.7 Å². The number of hydrogen-bond acceptors (Lipinski definition) is 3. The third kappa shape index (κ3) is 3.46. The molecule has 4 heteroatoms. The van der Waals surface area contributed by atoms with Crippen LogP contribution in [0.15, 0.2) is 18.2 Å². The minimum atomic E-state index is -0.330. The van der Waals surface area contributed by atoms with E-state index in [0.717, 1.165) is 19.4 Å². The number of hydrogen-bond donors (Lipinski definition) is 1. The molecule has 18 heavy (non-hydrogen) atoms. The molecule has 1 aromatic rings. The second-order valence-electron chi connectivity index (χ2n) is 4.10. The van der Waals surface area contributed by atoms with Gasteiger partial charge in [0.2, 0.25) is 0 Å². The van der Waals surface area contributed by atoms with Crippen molar-refractivity contribution in [3.05, 3.63) is 29.6 Å². The van der Waals surface area contributed by atoms with Gasteiger partial charge in [0.25, 0.3) is 0 Å². The lowest BCUT2D eigenvalue weighted by molar-refractivity contribution is 0.00729. The fraction of sp³-hybridized carbons (Fsp3) is 0.429. The summed E-state index contributed by atoms with van der Waals surface area (Å²) in [5.74, 6) is 5.79. The molecule has 2 N–H and O–H groups in total. The fourth-order valence-corrected chi connectivity index (χ4v) is 1.83. The van der Waals surface area contributed by atoms with Crippen molar-refractivity contribution in [1.29, 1.82) is 0 Å². The van der Waals surface area contributed by atoms with Crippen molar-refractivity contribution in [2.45, 2.75) is 18.9 Å². The van der Waals surface area contributed by atoms with E-state index in [9.17, 15) is 4.39 Å². The van der Waals surface area contributed by atoms with E-state index in [0.29, 0.717) is 17.9 Å². The number of halogens is 1. The SMILES string of the molecule is NCC#Cc1cc(F)ccc1OC1CCCOC1. The lowest BCUT2D eigenvalue weighted by atomic mass is 10.1. The maximum Gasteiger partial charge on any atom is 0.135 e. The quantitative estimate of drug-likeness (QED) is 0.811. The van der Waals surface area contributed by atoms with E-state index in [-0.39, 0.29) is 18.5 Å². The Kier molecular flexibility index (Phi) is 4.57. The fourth-order valence-electron chi connectivity index (χ4n) is 1.83. The Morgan fingerprint density at radius 3 is 3.11 bits per heavy atom. The molecule has 1 fully saturated rings. The number of nitrogens with two attached hydrogens (primary N) is 1. The Morgan fingerprint density at radius 2 is 2.39 bits per heavy atom. The van der Waals surface area contributed by atoms with Crippen LogP contribution in [0.25, 0.3) is 0 Å². The van der Waals surface area contributed by atoms with Gasteiger partial charge < -0.3 is 15.2 Å². The second-order valence-corrected chi connectivity index (χ2v) is 4.10. The van der Waals surface area contributed by atoms with Crippen LogP contribution in [0.1, 0.15) is 18.4 Å². The summed E-state index contributed by atoms with van der Waals surface area (Å²) in [4.78, 5) is 0. The highest BCUT2D eigenvalue weighted by Crippen LogP contribution is 2.22. The number of rotatable bonds is 2. The molecule has 1 aliphatic heterocycles. The summed E-state index contributed by atoms with van der Waals surface area (Å²) in [6.45, 7) is 1.59. The Bertz CT molecular complexity index is 459. The van der Waals surface area contributed by atoms with Crippen LogP contribution in [0.2, 0.25) is 0 Å². The van der Waals surface area contributed by atoms with E-state index in [1.54, 1.807) is 6.07 Å². The molecule has 0 aliphatic carbocycles. The van der Waals surface area contributed by atoms with Gasteiger partial charge >= 0.3 is 0 Å². The van der Waals surface area contributed by atoms with Crippen LogP contribution in [0.3, 0.4) is 0 Å². The van der Waals surface area contributed by atoms with Crippen molar-refractivity contribution in [2.24, 2.45) is 5.73 Å². The van der Waals surface area contributed by atoms with Crippen molar-refractivity contribution in [2.75, 3.05) is 19.8 Å². The van der Waals surface area contributed by atoms with Gasteiger partial charge in [0.05, 0.1) is 18.7 Å². The average molecular weight is 249 g/mol. The molecule has 1 saturated heterocycles. The Morgan fingerprint density at radius 1 is 1.50 bits per heavy atom. The third-order valence-corrected chi connectivity index (χ3v) is 2.68. The van der Waals surface area contributed by atoms with Crippen LogP contribution in [-0.4, -0.2) is 25.9 Å². The average Bonchev–Trinajstić information content (AvgIpc) is 2.40. The first-order valence-corrected chi connectivity index (χ1v) is 6.02. The molecule has 2 rings (SSSR count). The van der Waals surface area contributed by atoms with Gasteiger partial charge in [0.1, 0.15) is 17.7 Å². The third-order valence-electron chi connectivity index (χ3n) is 2.68. The predicted molar refractivity (Wildman–Crippen MR) is 66.8 cm³/mol. The van der Waals surface area contributed by atoms with Crippen molar-refractivity contribution >= 4 is 0 Å². The van der Waals surface area contributed by atoms with Crippen LogP contribution in [-0.2, 0) is 4.74 Å². The first-order chi connectivity index (χ1) is 8.79. The highest BCUT2D eigenvalue weighted by molar-refractivity contribution is 5.46. The molecular weight excluding hydrogens is 233 g/mol. The number of benzene rings is 1. The van der Waals surface area contributed by atoms with Gasteiger partial charge in [-0.1, -0.05) is 11.8 Å². The van der Waals surface area contributed by atoms with Crippen molar-refractivity contribution in [1.82, 2.24) is 0 Å². The highest BCUT2D eigenvalue weighted by atomic mass is 19.1. The largest absolute Gasteiger partial charge is 0.487 e. The molecule has 1 heterocycles. The van der Waals surface area contributed by atoms with Gasteiger partial charge in [0, 0.05) is 6.61 Å². The molecular formula is C14H16FNO2. The summed E-state index contributed by atoms with van der Waals surface area (Å²) in [6.07, 6.45) is 1.94. The molecule has 0 spiro atoms. The number of ether oxygens (including phenoxy) is 2. The summed E-state index contributed by atoms with van der Waals surface area (Å²) >= 11 is 0. The molecule has 0 aromatic heterocycles. The monoisotopic (exact) mass is 249 g/mol. The molecule has 96 valence electrons. The molecule has 0 radical (unpaired) electrons. The van der Waals surface area contributed by atoms with Crippen molar-refractivity contribution in [3.8, 4) is 17.6 Å². The lowest BCUT2D eigenvalue weighted by Crippen LogP contribution is -2.28. The Balaban J connectivity index is 2.15. The highest BCUT2D eigenvalue weighted by Gasteiger charge is 2.16. The van der Waals surface area contributed by atoms with Gasteiger partial charge in [-0.05, 0) is 31.0 Å². The van der Waals surface area contributed by atoms with E-state index in [1.165, 1.54) is 12.1 Å². The van der Waals surface area contributed by atoms with Crippen LogP contribution in [0.5, 0.6) is 5.75 Å². The Labute approximate surface area is 106 Å². The van der Waals surface area contributed by atoms with Gasteiger partial charge in [-0.25, -0.2) is 4.39 Å². The molecule has 0 amide bonds. The zero-order valence-electron chi connectivity index (χ0n) is 10.1. The second kappa shape index (κ2) is 6.39. The minimum absolute atomic E-state index is 0.0163. The molecule has 3 nitrogen and oxygen atoms in total. The van der Waals surface area contributed by atoms with Gasteiger partial charge in [0.15, 0.2) is 0 Å². The molecule has 1 aromatic carbocycles. The van der Waals surface area contributed by atoms with Crippen LogP contribution in [0.4, 0.5) is 4.39 Å². The van der Waals surface area contributed by atoms with Gasteiger partial charge in [-0.2, -0.15) is 0 Å². The zero-order valence-corrected chi connectivity index (χ0v) is 10.1. The minimum Gasteiger partial charge on any atom is -0.487 e. The van der Waals surface area contributed by atoms with E-state index in [1.807, 2.05) is 0 Å². The molecule has 1 atom stereocenters. The summed E-state index contributed by atoms with van der Waals surface area (Å²) in [5.41, 5.74) is 5.85. The van der Waals surface area contributed by atoms with E-state index < -0.39 is 0 Å². The first-order valence-electron chi connectivity index (χ1n) is 6.02. The molecule has 0 bridgehead atoms. The van der Waals surface area contributed by atoms with E-state index in [4.69, 9.17) is 15.2 Å². The molecule has 1 unspecified atom stereocenters. The maximum atomic E-state index is 13.2. The molecule has 1 aliphatic rings. The predicted octanol–water partition coefficient (Wildman–Crippen LogP) is 1.69. The van der Waals surface area contributed by atoms with Crippen LogP contribution < -0.4 is 10.5 Å². The molecule has 0 saturated carbocycles. The Hall–Kier alpha value is -1.57. The zero-order chi connectivity index (χ0) is 12.8. The normalized spacial score (nSPS) is 18.9. The van der Waals surface area contributed by atoms with Crippen LogP contribution >= 0.6 is 0 Å². The summed E-state index contributed by atoms with van der Waals surface area (Å²) < 4.78 is 24.3. The lowest BCUT2D eigenvalue weighted by Gasteiger charge is -2.23. The van der Waals surface area contributed by atoms with E-state index >= 15 is 0 Å². The van der Waals surface area contributed by atoms with Gasteiger partial charge in [-0.3, -0.25) is 0 Å². The maximum absolute atomic E-state index is 13.2. The topological polar surface area (TPSA) is 44.5 Å². The first kappa shape index (κ1) is 12.9. The summed E-state index contributed by atoms with van der Waals surface area (Å²) in [5, 5.41) is 0. The smallest absolute Gasteiger partial charge is 0.135 e. The van der Waals surface area contributed by atoms with Crippen molar-refractivity contribution < 1.29 is 13.9 Å². The van der Waals surface area contributed by atoms with E-state index in [2.05, 4.69) is 11.8 Å². The summed E-state index contributed by atoms with van der Waals surface area (Å²) in [6, 6.07) is 4.33. The standard InChI is InChI=1S/C14H16FNO2/c15-12-5-6-14(11(9-12)3-1-7-16)18-13-4-2-8-17-10-13/h5-6,9,13H,2,4,7-8,10,16H2. The van der Waals surface area contributed by atoms with Crippen molar-refractivity contribution in [3.63, 3.8) is 0 Å². The summed E-state index contributed by atoms with van der Waals surface area (Å²) in [7, 11) is 0.